The monoisotopic (exact) mass is 342 g/mol. The van der Waals surface area contributed by atoms with Gasteiger partial charge in [-0.1, -0.05) is 25.9 Å². The predicted molar refractivity (Wildman–Crippen MR) is 83.2 cm³/mol. The number of carbonyl (C=O) groups is 1. The lowest BCUT2D eigenvalue weighted by molar-refractivity contribution is -0.0362. The van der Waals surface area contributed by atoms with Crippen LogP contribution in [0.25, 0.3) is 0 Å². The first-order valence-electron chi connectivity index (χ1n) is 7.70. The normalized spacial score (nSPS) is 27.0. The molecule has 0 aliphatic carbocycles. The van der Waals surface area contributed by atoms with Crippen LogP contribution in [-0.2, 0) is 20.0 Å². The fourth-order valence-corrected chi connectivity index (χ4v) is 5.12. The van der Waals surface area contributed by atoms with E-state index < -0.39 is 22.0 Å². The fourth-order valence-electron chi connectivity index (χ4n) is 3.25. The summed E-state index contributed by atoms with van der Waals surface area (Å²) in [5.41, 5.74) is 0.710. The maximum atomic E-state index is 13.1. The quantitative estimate of drug-likeness (QED) is 0.754. The van der Waals surface area contributed by atoms with E-state index in [9.17, 15) is 13.2 Å². The molecule has 0 bridgehead atoms. The van der Waals surface area contributed by atoms with Gasteiger partial charge in [-0.05, 0) is 6.92 Å². The highest BCUT2D eigenvalue weighted by molar-refractivity contribution is 7.91. The van der Waals surface area contributed by atoms with E-state index in [2.05, 4.69) is 5.16 Å². The molecular weight excluding hydrogens is 320 g/mol. The Kier molecular flexibility index (Phi) is 3.79. The summed E-state index contributed by atoms with van der Waals surface area (Å²) in [7, 11) is -3.17. The summed E-state index contributed by atoms with van der Waals surface area (Å²) in [4.78, 5) is 14.7. The highest BCUT2D eigenvalue weighted by Gasteiger charge is 2.47. The fraction of sp³-hybridized carbons (Fsp3) is 0.733. The van der Waals surface area contributed by atoms with Gasteiger partial charge in [0, 0.05) is 12.0 Å². The van der Waals surface area contributed by atoms with Gasteiger partial charge in [-0.15, -0.1) is 0 Å². The van der Waals surface area contributed by atoms with E-state index in [4.69, 9.17) is 9.26 Å². The Morgan fingerprint density at radius 3 is 2.65 bits per heavy atom. The summed E-state index contributed by atoms with van der Waals surface area (Å²) >= 11 is 0. The van der Waals surface area contributed by atoms with E-state index in [1.54, 1.807) is 11.8 Å². The largest absolute Gasteiger partial charge is 0.373 e. The van der Waals surface area contributed by atoms with Crippen LogP contribution in [0.5, 0.6) is 0 Å². The van der Waals surface area contributed by atoms with Crippen molar-refractivity contribution < 1.29 is 22.5 Å². The third-order valence-corrected chi connectivity index (χ3v) is 6.07. The molecule has 8 heteroatoms. The first kappa shape index (κ1) is 16.4. The topological polar surface area (TPSA) is 89.7 Å². The van der Waals surface area contributed by atoms with Gasteiger partial charge in [0.1, 0.15) is 17.0 Å². The molecule has 0 saturated carbocycles. The van der Waals surface area contributed by atoms with E-state index >= 15 is 0 Å². The molecule has 0 aromatic carbocycles. The van der Waals surface area contributed by atoms with Gasteiger partial charge in [0.2, 0.25) is 0 Å². The number of nitrogens with zero attached hydrogens (tertiary/aromatic N) is 2. The van der Waals surface area contributed by atoms with Crippen LogP contribution in [0.1, 0.15) is 42.6 Å². The van der Waals surface area contributed by atoms with Crippen LogP contribution in [0.4, 0.5) is 0 Å². The number of carbonyl (C=O) groups excluding carboxylic acids is 1. The van der Waals surface area contributed by atoms with Gasteiger partial charge in [-0.25, -0.2) is 8.42 Å². The van der Waals surface area contributed by atoms with Gasteiger partial charge in [-0.2, -0.15) is 0 Å². The lowest BCUT2D eigenvalue weighted by Gasteiger charge is -2.36. The summed E-state index contributed by atoms with van der Waals surface area (Å²) in [6, 6.07) is -0.427. The molecule has 7 nitrogen and oxygen atoms in total. The summed E-state index contributed by atoms with van der Waals surface area (Å²) in [5.74, 6) is 0.183. The molecule has 2 saturated heterocycles. The summed E-state index contributed by atoms with van der Waals surface area (Å²) in [6.07, 6.45) is -0.434. The van der Waals surface area contributed by atoms with E-state index in [-0.39, 0.29) is 22.8 Å². The minimum absolute atomic E-state index is 0.0177. The molecule has 0 N–H and O–H groups in total. The molecule has 2 atom stereocenters. The molecule has 2 aliphatic heterocycles. The standard InChI is InChI=1S/C15H22N2O5S/c1-9-12(13(16-22-9)15(2,3)4)14(18)17-5-6-21-11-8-23(19,20)7-10(11)17/h10-11H,5-8H2,1-4H3. The number of aryl methyl sites for hydroxylation is 1. The Balaban J connectivity index is 1.96. The second-order valence-electron chi connectivity index (χ2n) is 7.26. The molecule has 23 heavy (non-hydrogen) atoms. The number of rotatable bonds is 1. The molecule has 1 amide bonds. The van der Waals surface area contributed by atoms with Crippen LogP contribution in [0.15, 0.2) is 4.52 Å². The summed E-state index contributed by atoms with van der Waals surface area (Å²) in [5, 5.41) is 4.05. The zero-order chi connectivity index (χ0) is 17.0. The SMILES string of the molecule is Cc1onc(C(C)(C)C)c1C(=O)N1CCOC2CS(=O)(=O)CC21. The van der Waals surface area contributed by atoms with Crippen molar-refractivity contribution in [2.75, 3.05) is 24.7 Å². The smallest absolute Gasteiger partial charge is 0.259 e. The summed E-state index contributed by atoms with van der Waals surface area (Å²) < 4.78 is 34.6. The van der Waals surface area contributed by atoms with Gasteiger partial charge in [0.25, 0.3) is 5.91 Å². The van der Waals surface area contributed by atoms with Crippen LogP contribution >= 0.6 is 0 Å². The molecule has 3 rings (SSSR count). The van der Waals surface area contributed by atoms with Crippen molar-refractivity contribution in [2.24, 2.45) is 0 Å². The molecule has 2 unspecified atom stereocenters. The molecule has 1 aromatic rings. The van der Waals surface area contributed by atoms with Gasteiger partial charge in [0.05, 0.1) is 30.3 Å². The number of fused-ring (bicyclic) bond motifs is 1. The van der Waals surface area contributed by atoms with E-state index in [1.165, 1.54) is 0 Å². The maximum Gasteiger partial charge on any atom is 0.259 e. The Morgan fingerprint density at radius 2 is 2.00 bits per heavy atom. The zero-order valence-corrected chi connectivity index (χ0v) is 14.6. The molecule has 2 fully saturated rings. The number of sulfone groups is 1. The van der Waals surface area contributed by atoms with E-state index in [0.717, 1.165) is 0 Å². The number of hydrogen-bond acceptors (Lipinski definition) is 6. The van der Waals surface area contributed by atoms with Crippen LogP contribution in [0.2, 0.25) is 0 Å². The molecular formula is C15H22N2O5S. The van der Waals surface area contributed by atoms with Crippen LogP contribution in [0, 0.1) is 6.92 Å². The Bertz CT molecular complexity index is 732. The van der Waals surface area contributed by atoms with Crippen LogP contribution in [0.3, 0.4) is 0 Å². The van der Waals surface area contributed by atoms with Crippen molar-refractivity contribution in [2.45, 2.75) is 45.3 Å². The van der Waals surface area contributed by atoms with Crippen molar-refractivity contribution in [3.05, 3.63) is 17.0 Å². The Morgan fingerprint density at radius 1 is 1.30 bits per heavy atom. The maximum absolute atomic E-state index is 13.1. The molecule has 128 valence electrons. The van der Waals surface area contributed by atoms with Crippen molar-refractivity contribution in [3.8, 4) is 0 Å². The number of morpholine rings is 1. The number of amides is 1. The van der Waals surface area contributed by atoms with E-state index in [0.29, 0.717) is 30.2 Å². The molecule has 0 spiro atoms. The molecule has 3 heterocycles. The third-order valence-electron chi connectivity index (χ3n) is 4.38. The first-order valence-corrected chi connectivity index (χ1v) is 9.52. The minimum Gasteiger partial charge on any atom is -0.373 e. The van der Waals surface area contributed by atoms with Gasteiger partial charge in [0.15, 0.2) is 9.84 Å². The van der Waals surface area contributed by atoms with Gasteiger partial charge in [-0.3, -0.25) is 4.79 Å². The molecule has 2 aliphatic rings. The number of ether oxygens (including phenoxy) is 1. The van der Waals surface area contributed by atoms with Crippen molar-refractivity contribution in [3.63, 3.8) is 0 Å². The van der Waals surface area contributed by atoms with Crippen molar-refractivity contribution >= 4 is 15.7 Å². The van der Waals surface area contributed by atoms with E-state index in [1.807, 2.05) is 20.8 Å². The third kappa shape index (κ3) is 2.89. The highest BCUT2D eigenvalue weighted by Crippen LogP contribution is 2.31. The average Bonchev–Trinajstić information content (AvgIpc) is 2.95. The second kappa shape index (κ2) is 5.31. The van der Waals surface area contributed by atoms with Crippen molar-refractivity contribution in [1.82, 2.24) is 10.1 Å². The predicted octanol–water partition coefficient (Wildman–Crippen LogP) is 0.919. The average molecular weight is 342 g/mol. The summed E-state index contributed by atoms with van der Waals surface area (Å²) in [6.45, 7) is 8.32. The Hall–Kier alpha value is -1.41. The van der Waals surface area contributed by atoms with Crippen molar-refractivity contribution in [1.29, 1.82) is 0 Å². The first-order chi connectivity index (χ1) is 10.6. The Labute approximate surface area is 135 Å². The van der Waals surface area contributed by atoms with Gasteiger partial charge < -0.3 is 14.2 Å². The van der Waals surface area contributed by atoms with Gasteiger partial charge >= 0.3 is 0 Å². The number of aromatic nitrogens is 1. The molecule has 1 aromatic heterocycles. The minimum atomic E-state index is -3.17. The second-order valence-corrected chi connectivity index (χ2v) is 9.42. The van der Waals surface area contributed by atoms with Crippen LogP contribution in [-0.4, -0.2) is 61.2 Å². The van der Waals surface area contributed by atoms with Crippen LogP contribution < -0.4 is 0 Å². The molecule has 0 radical (unpaired) electrons. The zero-order valence-electron chi connectivity index (χ0n) is 13.8. The highest BCUT2D eigenvalue weighted by atomic mass is 32.2. The lowest BCUT2D eigenvalue weighted by atomic mass is 9.88. The lowest BCUT2D eigenvalue weighted by Crippen LogP contribution is -2.53. The number of hydrogen-bond donors (Lipinski definition) is 0.